The number of nitrogens with one attached hydrogen (secondary N) is 3. The van der Waals surface area contributed by atoms with Gasteiger partial charge in [-0.2, -0.15) is 0 Å². The van der Waals surface area contributed by atoms with Gasteiger partial charge in [-0.25, -0.2) is 4.79 Å². The molecule has 4 rings (SSSR count). The number of benzene rings is 2. The maximum atomic E-state index is 14.1. The maximum Gasteiger partial charge on any atom is 0.338 e. The van der Waals surface area contributed by atoms with Gasteiger partial charge >= 0.3 is 5.97 Å². The van der Waals surface area contributed by atoms with Crippen molar-refractivity contribution >= 4 is 29.6 Å². The first-order valence-electron chi connectivity index (χ1n) is 16.3. The number of unbranched alkanes of at least 4 members (excludes halogenated alkanes) is 1. The number of ether oxygens (including phenoxy) is 1. The van der Waals surface area contributed by atoms with Gasteiger partial charge in [-0.1, -0.05) is 75.2 Å². The fourth-order valence-electron chi connectivity index (χ4n) is 6.37. The van der Waals surface area contributed by atoms with Gasteiger partial charge in [0.15, 0.2) is 0 Å². The Morgan fingerprint density at radius 2 is 1.53 bits per heavy atom. The summed E-state index contributed by atoms with van der Waals surface area (Å²) in [6, 6.07) is 15.7. The Morgan fingerprint density at radius 1 is 0.867 bits per heavy atom. The number of hydrogen-bond acceptors (Lipinski definition) is 6. The van der Waals surface area contributed by atoms with Crippen molar-refractivity contribution in [3.8, 4) is 0 Å². The van der Waals surface area contributed by atoms with E-state index in [2.05, 4.69) is 16.0 Å². The third-order valence-corrected chi connectivity index (χ3v) is 8.64. The van der Waals surface area contributed by atoms with Crippen LogP contribution in [0.3, 0.4) is 0 Å². The van der Waals surface area contributed by atoms with Crippen LogP contribution in [0.4, 0.5) is 0 Å². The highest BCUT2D eigenvalue weighted by Gasteiger charge is 2.45. The number of hydrogen-bond donors (Lipinski definition) is 3. The number of carbonyl (C=O) groups excluding carboxylic acids is 5. The zero-order valence-corrected chi connectivity index (χ0v) is 26.4. The summed E-state index contributed by atoms with van der Waals surface area (Å²) >= 11 is 0. The van der Waals surface area contributed by atoms with Gasteiger partial charge < -0.3 is 25.6 Å². The molecule has 0 saturated carbocycles. The zero-order valence-electron chi connectivity index (χ0n) is 26.4. The minimum atomic E-state index is -1.24. The van der Waals surface area contributed by atoms with Gasteiger partial charge in [0.25, 0.3) is 0 Å². The monoisotopic (exact) mass is 618 g/mol. The first-order chi connectivity index (χ1) is 21.8. The lowest BCUT2D eigenvalue weighted by molar-refractivity contribution is -0.145. The molecule has 2 fully saturated rings. The van der Waals surface area contributed by atoms with Gasteiger partial charge in [0.05, 0.1) is 12.2 Å². The fourth-order valence-corrected chi connectivity index (χ4v) is 6.37. The molecule has 10 heteroatoms. The van der Waals surface area contributed by atoms with Crippen LogP contribution in [0.2, 0.25) is 0 Å². The van der Waals surface area contributed by atoms with Gasteiger partial charge in [0.2, 0.25) is 23.6 Å². The third-order valence-electron chi connectivity index (χ3n) is 8.64. The molecule has 4 amide bonds. The molecule has 10 nitrogen and oxygen atoms in total. The smallest absolute Gasteiger partial charge is 0.338 e. The Kier molecular flexibility index (Phi) is 12.1. The number of carbonyl (C=O) groups is 5. The van der Waals surface area contributed by atoms with E-state index in [0.29, 0.717) is 63.5 Å². The fraction of sp³-hybridized carbons (Fsp3) is 0.514. The highest BCUT2D eigenvalue weighted by atomic mass is 16.5. The number of amides is 4. The van der Waals surface area contributed by atoms with E-state index in [1.54, 1.807) is 29.2 Å². The SMILES string of the molecule is CCCC1(CCC)NC(=O)[C@H](CCCCOC(=O)c2ccccc2)NC(=O)[C@H]2CCCN2C(=O)[C@H](Cc2ccccc2)NC1=O. The Morgan fingerprint density at radius 3 is 2.20 bits per heavy atom. The molecule has 0 spiro atoms. The van der Waals surface area contributed by atoms with Crippen LogP contribution in [0.5, 0.6) is 0 Å². The van der Waals surface area contributed by atoms with Crippen molar-refractivity contribution in [1.82, 2.24) is 20.9 Å². The van der Waals surface area contributed by atoms with Crippen LogP contribution in [0.25, 0.3) is 0 Å². The molecule has 45 heavy (non-hydrogen) atoms. The molecule has 2 aliphatic heterocycles. The van der Waals surface area contributed by atoms with Crippen molar-refractivity contribution in [2.45, 2.75) is 102 Å². The lowest BCUT2D eigenvalue weighted by atomic mass is 9.86. The third kappa shape index (κ3) is 8.71. The summed E-state index contributed by atoms with van der Waals surface area (Å²) in [4.78, 5) is 69.5. The van der Waals surface area contributed by atoms with Gasteiger partial charge in [-0.15, -0.1) is 0 Å². The summed E-state index contributed by atoms with van der Waals surface area (Å²) in [6.07, 6.45) is 4.69. The molecule has 2 aromatic carbocycles. The van der Waals surface area contributed by atoms with E-state index in [-0.39, 0.29) is 37.2 Å². The van der Waals surface area contributed by atoms with Crippen LogP contribution in [0.15, 0.2) is 60.7 Å². The van der Waals surface area contributed by atoms with Crippen LogP contribution >= 0.6 is 0 Å². The van der Waals surface area contributed by atoms with Crippen LogP contribution in [-0.2, 0) is 30.3 Å². The average Bonchev–Trinajstić information content (AvgIpc) is 3.54. The minimum Gasteiger partial charge on any atom is -0.462 e. The van der Waals surface area contributed by atoms with Crippen LogP contribution in [-0.4, -0.2) is 71.3 Å². The summed E-state index contributed by atoms with van der Waals surface area (Å²) in [7, 11) is 0. The van der Waals surface area contributed by atoms with Gasteiger partial charge in [-0.3, -0.25) is 19.2 Å². The van der Waals surface area contributed by atoms with E-state index < -0.39 is 35.5 Å². The molecule has 2 aliphatic rings. The van der Waals surface area contributed by atoms with Crippen molar-refractivity contribution in [3.63, 3.8) is 0 Å². The van der Waals surface area contributed by atoms with Crippen molar-refractivity contribution in [2.75, 3.05) is 13.2 Å². The predicted octanol–water partition coefficient (Wildman–Crippen LogP) is 3.69. The van der Waals surface area contributed by atoms with E-state index in [1.807, 2.05) is 50.2 Å². The molecule has 2 saturated heterocycles. The first kappa shape index (κ1) is 33.7. The molecule has 3 N–H and O–H groups in total. The van der Waals surface area contributed by atoms with E-state index in [0.717, 1.165) is 5.56 Å². The van der Waals surface area contributed by atoms with Crippen molar-refractivity contribution in [1.29, 1.82) is 0 Å². The molecule has 0 bridgehead atoms. The average molecular weight is 619 g/mol. The van der Waals surface area contributed by atoms with E-state index >= 15 is 0 Å². The van der Waals surface area contributed by atoms with Crippen LogP contribution in [0, 0.1) is 0 Å². The summed E-state index contributed by atoms with van der Waals surface area (Å²) < 4.78 is 5.39. The van der Waals surface area contributed by atoms with Crippen LogP contribution in [0.1, 0.15) is 87.6 Å². The molecular weight excluding hydrogens is 572 g/mol. The zero-order chi connectivity index (χ0) is 32.2. The van der Waals surface area contributed by atoms with E-state index in [9.17, 15) is 24.0 Å². The second-order valence-electron chi connectivity index (χ2n) is 12.0. The van der Waals surface area contributed by atoms with Crippen molar-refractivity contribution in [3.05, 3.63) is 71.8 Å². The predicted molar refractivity (Wildman–Crippen MR) is 170 cm³/mol. The molecule has 2 aromatic rings. The normalized spacial score (nSPS) is 21.9. The number of rotatable bonds is 12. The molecule has 2 heterocycles. The number of nitrogens with zero attached hydrogens (tertiary/aromatic N) is 1. The van der Waals surface area contributed by atoms with Crippen LogP contribution < -0.4 is 16.0 Å². The summed E-state index contributed by atoms with van der Waals surface area (Å²) in [6.45, 7) is 4.47. The molecule has 0 unspecified atom stereocenters. The van der Waals surface area contributed by atoms with Gasteiger partial charge in [0.1, 0.15) is 23.7 Å². The molecule has 3 atom stereocenters. The molecular formula is C35H46N4O6. The Hall–Kier alpha value is -4.21. The molecule has 0 aromatic heterocycles. The van der Waals surface area contributed by atoms with E-state index in [1.165, 1.54) is 0 Å². The number of esters is 1. The standard InChI is InChI=1S/C35H46N4O6/c1-3-20-35(21-4-2)34(44)37-28(24-25-14-7-5-8-15-25)32(42)39-22-13-19-29(39)31(41)36-27(30(40)38-35)18-11-12-23-45-33(43)26-16-9-6-10-17-26/h5-10,14-17,27-29H,3-4,11-13,18-24H2,1-2H3,(H,36,41)(H,37,44)(H,38,40)/t27-,28-,29+/m0/s1. The van der Waals surface area contributed by atoms with Gasteiger partial charge in [0, 0.05) is 13.0 Å². The maximum absolute atomic E-state index is 14.1. The van der Waals surface area contributed by atoms with Crippen molar-refractivity contribution in [2.24, 2.45) is 0 Å². The summed E-state index contributed by atoms with van der Waals surface area (Å²) in [5, 5.41) is 8.97. The summed E-state index contributed by atoms with van der Waals surface area (Å²) in [5.41, 5.74) is 0.110. The summed E-state index contributed by atoms with van der Waals surface area (Å²) in [5.74, 6) is -1.91. The second kappa shape index (κ2) is 16.2. The second-order valence-corrected chi connectivity index (χ2v) is 12.0. The topological polar surface area (TPSA) is 134 Å². The molecule has 0 radical (unpaired) electrons. The van der Waals surface area contributed by atoms with Gasteiger partial charge in [-0.05, 0) is 62.6 Å². The lowest BCUT2D eigenvalue weighted by Gasteiger charge is -2.38. The highest BCUT2D eigenvalue weighted by molar-refractivity contribution is 5.99. The minimum absolute atomic E-state index is 0.168. The molecule has 242 valence electrons. The first-order valence-corrected chi connectivity index (χ1v) is 16.3. The number of fused-ring (bicyclic) bond motifs is 1. The Balaban J connectivity index is 1.55. The highest BCUT2D eigenvalue weighted by Crippen LogP contribution is 2.25. The quantitative estimate of drug-likeness (QED) is 0.246. The largest absolute Gasteiger partial charge is 0.462 e. The van der Waals surface area contributed by atoms with E-state index in [4.69, 9.17) is 4.74 Å². The Bertz CT molecular complexity index is 1310. The van der Waals surface area contributed by atoms with Crippen molar-refractivity contribution < 1.29 is 28.7 Å². The molecule has 0 aliphatic carbocycles. The Labute approximate surface area is 265 Å². The lowest BCUT2D eigenvalue weighted by Crippen LogP contribution is -2.66.